The van der Waals surface area contributed by atoms with Gasteiger partial charge in [0.25, 0.3) is 10.0 Å². The van der Waals surface area contributed by atoms with Gasteiger partial charge in [-0.05, 0) is 43.6 Å². The largest absolute Gasteiger partial charge is 0.497 e. The average molecular weight is 364 g/mol. The zero-order valence-corrected chi connectivity index (χ0v) is 15.4. The van der Waals surface area contributed by atoms with E-state index in [-0.39, 0.29) is 5.03 Å². The lowest BCUT2D eigenvalue weighted by Gasteiger charge is -2.16. The number of hydrogen-bond donors (Lipinski definition) is 1. The molecule has 0 spiro atoms. The molecule has 1 fully saturated rings. The molecule has 1 aliphatic rings. The highest BCUT2D eigenvalue weighted by atomic mass is 32.2. The first-order chi connectivity index (χ1) is 11.9. The van der Waals surface area contributed by atoms with E-state index in [4.69, 9.17) is 9.88 Å². The summed E-state index contributed by atoms with van der Waals surface area (Å²) in [5, 5.41) is 9.59. The molecule has 7 nitrogen and oxygen atoms in total. The molecule has 0 saturated carbocycles. The highest BCUT2D eigenvalue weighted by molar-refractivity contribution is 7.89. The molecule has 0 atom stereocenters. The number of benzene rings is 1. The maximum atomic E-state index is 12.0. The summed E-state index contributed by atoms with van der Waals surface area (Å²) >= 11 is 0. The molecular formula is C17H24N4O3S. The lowest BCUT2D eigenvalue weighted by atomic mass is 10.0. The van der Waals surface area contributed by atoms with Gasteiger partial charge in [-0.1, -0.05) is 12.1 Å². The van der Waals surface area contributed by atoms with Gasteiger partial charge in [-0.25, -0.2) is 13.6 Å². The van der Waals surface area contributed by atoms with Crippen molar-refractivity contribution < 1.29 is 13.2 Å². The van der Waals surface area contributed by atoms with Gasteiger partial charge in [0.15, 0.2) is 5.03 Å². The van der Waals surface area contributed by atoms with E-state index in [2.05, 4.69) is 10.00 Å². The molecule has 2 N–H and O–H groups in total. The highest BCUT2D eigenvalue weighted by Crippen LogP contribution is 2.25. The number of aromatic nitrogens is 2. The van der Waals surface area contributed by atoms with Crippen molar-refractivity contribution in [3.63, 3.8) is 0 Å². The number of nitrogens with zero attached hydrogens (tertiary/aromatic N) is 3. The summed E-state index contributed by atoms with van der Waals surface area (Å²) in [4.78, 5) is 2.32. The SMILES string of the molecule is COc1ccc(Cc2c(S(N)(=O)=O)nn(C)c2CN2CCCC2)cc1. The minimum Gasteiger partial charge on any atom is -0.497 e. The van der Waals surface area contributed by atoms with E-state index in [1.54, 1.807) is 18.8 Å². The lowest BCUT2D eigenvalue weighted by molar-refractivity contribution is 0.320. The van der Waals surface area contributed by atoms with Crippen LogP contribution in [0.25, 0.3) is 0 Å². The minimum atomic E-state index is -3.88. The quantitative estimate of drug-likeness (QED) is 0.833. The molecule has 0 amide bonds. The van der Waals surface area contributed by atoms with Crippen molar-refractivity contribution in [3.8, 4) is 5.75 Å². The first kappa shape index (κ1) is 17.9. The number of methoxy groups -OCH3 is 1. The fourth-order valence-electron chi connectivity index (χ4n) is 3.28. The Balaban J connectivity index is 1.98. The fourth-order valence-corrected chi connectivity index (χ4v) is 4.05. The zero-order chi connectivity index (χ0) is 18.0. The smallest absolute Gasteiger partial charge is 0.257 e. The molecule has 3 rings (SSSR count). The Morgan fingerprint density at radius 3 is 2.40 bits per heavy atom. The molecule has 0 bridgehead atoms. The summed E-state index contributed by atoms with van der Waals surface area (Å²) in [5.74, 6) is 0.763. The van der Waals surface area contributed by atoms with Crippen molar-refractivity contribution in [2.24, 2.45) is 12.2 Å². The highest BCUT2D eigenvalue weighted by Gasteiger charge is 2.26. The van der Waals surface area contributed by atoms with Crippen LogP contribution in [-0.2, 0) is 30.0 Å². The molecule has 1 aliphatic heterocycles. The summed E-state index contributed by atoms with van der Waals surface area (Å²) < 4.78 is 30.9. The van der Waals surface area contributed by atoms with Crippen LogP contribution in [0.4, 0.5) is 0 Å². The van der Waals surface area contributed by atoms with E-state index < -0.39 is 10.0 Å². The van der Waals surface area contributed by atoms with Crippen LogP contribution >= 0.6 is 0 Å². The molecule has 136 valence electrons. The summed E-state index contributed by atoms with van der Waals surface area (Å²) in [7, 11) is -0.487. The molecule has 8 heteroatoms. The van der Waals surface area contributed by atoms with Crippen molar-refractivity contribution in [2.45, 2.75) is 30.8 Å². The number of nitrogens with two attached hydrogens (primary N) is 1. The van der Waals surface area contributed by atoms with Crippen LogP contribution in [0.2, 0.25) is 0 Å². The molecule has 0 aliphatic carbocycles. The predicted octanol–water partition coefficient (Wildman–Crippen LogP) is 1.26. The Hall–Kier alpha value is -1.90. The predicted molar refractivity (Wildman–Crippen MR) is 94.9 cm³/mol. The molecule has 1 saturated heterocycles. The van der Waals surface area contributed by atoms with Gasteiger partial charge >= 0.3 is 0 Å². The van der Waals surface area contributed by atoms with Gasteiger partial charge in [0.1, 0.15) is 5.75 Å². The van der Waals surface area contributed by atoms with Crippen molar-refractivity contribution in [1.82, 2.24) is 14.7 Å². The third kappa shape index (κ3) is 4.02. The topological polar surface area (TPSA) is 90.5 Å². The van der Waals surface area contributed by atoms with E-state index in [0.29, 0.717) is 18.5 Å². The van der Waals surface area contributed by atoms with Crippen LogP contribution < -0.4 is 9.88 Å². The van der Waals surface area contributed by atoms with Gasteiger partial charge in [-0.15, -0.1) is 0 Å². The van der Waals surface area contributed by atoms with Gasteiger partial charge in [0.2, 0.25) is 0 Å². The summed E-state index contributed by atoms with van der Waals surface area (Å²) in [5.41, 5.74) is 2.57. The molecule has 2 aromatic rings. The Bertz CT molecular complexity index is 838. The Kier molecular flexibility index (Phi) is 5.12. The number of hydrogen-bond acceptors (Lipinski definition) is 5. The molecule has 0 unspecified atom stereocenters. The minimum absolute atomic E-state index is 0.0278. The molecule has 2 heterocycles. The first-order valence-electron chi connectivity index (χ1n) is 8.31. The van der Waals surface area contributed by atoms with E-state index in [1.807, 2.05) is 24.3 Å². The van der Waals surface area contributed by atoms with Crippen molar-refractivity contribution in [1.29, 1.82) is 0 Å². The zero-order valence-electron chi connectivity index (χ0n) is 14.6. The Labute approximate surface area is 148 Å². The maximum absolute atomic E-state index is 12.0. The number of primary sulfonamides is 1. The second-order valence-corrected chi connectivity index (χ2v) is 7.88. The van der Waals surface area contributed by atoms with Crippen LogP contribution in [0.5, 0.6) is 5.75 Å². The van der Waals surface area contributed by atoms with E-state index in [0.717, 1.165) is 30.1 Å². The summed E-state index contributed by atoms with van der Waals surface area (Å²) in [6, 6.07) is 7.59. The second-order valence-electron chi connectivity index (χ2n) is 6.41. The number of ether oxygens (including phenoxy) is 1. The monoisotopic (exact) mass is 364 g/mol. The van der Waals surface area contributed by atoms with Crippen LogP contribution in [0, 0.1) is 0 Å². The average Bonchev–Trinajstić information content (AvgIpc) is 3.18. The third-order valence-electron chi connectivity index (χ3n) is 4.62. The Morgan fingerprint density at radius 1 is 1.20 bits per heavy atom. The van der Waals surface area contributed by atoms with E-state index in [9.17, 15) is 8.42 Å². The van der Waals surface area contributed by atoms with Crippen LogP contribution in [0.1, 0.15) is 29.7 Å². The number of aryl methyl sites for hydroxylation is 1. The standard InChI is InChI=1S/C17H24N4O3S/c1-20-16(12-21-9-3-4-10-21)15(17(19-20)25(18,22)23)11-13-5-7-14(24-2)8-6-13/h5-8H,3-4,9-12H2,1-2H3,(H2,18,22,23). The third-order valence-corrected chi connectivity index (χ3v) is 5.49. The van der Waals surface area contributed by atoms with E-state index in [1.165, 1.54) is 12.8 Å². The fraction of sp³-hybridized carbons (Fsp3) is 0.471. The molecule has 25 heavy (non-hydrogen) atoms. The Morgan fingerprint density at radius 2 is 1.84 bits per heavy atom. The van der Waals surface area contributed by atoms with Gasteiger partial charge in [0, 0.05) is 25.6 Å². The van der Waals surface area contributed by atoms with Crippen molar-refractivity contribution in [2.75, 3.05) is 20.2 Å². The summed E-state index contributed by atoms with van der Waals surface area (Å²) in [6.07, 6.45) is 2.81. The molecular weight excluding hydrogens is 340 g/mol. The molecule has 0 radical (unpaired) electrons. The normalized spacial score (nSPS) is 15.6. The lowest BCUT2D eigenvalue weighted by Crippen LogP contribution is -2.21. The summed E-state index contributed by atoms with van der Waals surface area (Å²) in [6.45, 7) is 2.74. The van der Waals surface area contributed by atoms with Crippen LogP contribution in [-0.4, -0.2) is 43.3 Å². The van der Waals surface area contributed by atoms with Crippen LogP contribution in [0.3, 0.4) is 0 Å². The van der Waals surface area contributed by atoms with Crippen LogP contribution in [0.15, 0.2) is 29.3 Å². The number of sulfonamides is 1. The van der Waals surface area contributed by atoms with Gasteiger partial charge < -0.3 is 4.74 Å². The van der Waals surface area contributed by atoms with Crippen molar-refractivity contribution in [3.05, 3.63) is 41.1 Å². The van der Waals surface area contributed by atoms with Gasteiger partial charge in [-0.2, -0.15) is 5.10 Å². The first-order valence-corrected chi connectivity index (χ1v) is 9.86. The van der Waals surface area contributed by atoms with Gasteiger partial charge in [-0.3, -0.25) is 9.58 Å². The van der Waals surface area contributed by atoms with Gasteiger partial charge in [0.05, 0.1) is 12.8 Å². The number of likely N-dealkylation sites (tertiary alicyclic amines) is 1. The van der Waals surface area contributed by atoms with Crippen molar-refractivity contribution >= 4 is 10.0 Å². The van der Waals surface area contributed by atoms with E-state index >= 15 is 0 Å². The molecule has 1 aromatic heterocycles. The second kappa shape index (κ2) is 7.15. The number of rotatable bonds is 6. The molecule has 1 aromatic carbocycles. The maximum Gasteiger partial charge on any atom is 0.257 e.